The first-order valence-corrected chi connectivity index (χ1v) is 13.9. The lowest BCUT2D eigenvalue weighted by molar-refractivity contribution is -0.141. The van der Waals surface area contributed by atoms with Gasteiger partial charge in [0, 0.05) is 30.5 Å². The van der Waals surface area contributed by atoms with E-state index in [0.717, 1.165) is 47.8 Å². The summed E-state index contributed by atoms with van der Waals surface area (Å²) in [7, 11) is 1.40. The molecular formula is C31H36N2O5. The van der Waals surface area contributed by atoms with Gasteiger partial charge in [-0.05, 0) is 79.1 Å². The number of fused-ring (bicyclic) bond motifs is 1. The van der Waals surface area contributed by atoms with Gasteiger partial charge in [-0.2, -0.15) is 0 Å². The molecule has 3 aliphatic rings. The predicted molar refractivity (Wildman–Crippen MR) is 145 cm³/mol. The van der Waals surface area contributed by atoms with Gasteiger partial charge >= 0.3 is 5.97 Å². The second kappa shape index (κ2) is 10.1. The quantitative estimate of drug-likeness (QED) is 0.439. The normalized spacial score (nSPS) is 19.4. The van der Waals surface area contributed by atoms with Crippen molar-refractivity contribution in [3.8, 4) is 17.0 Å². The van der Waals surface area contributed by atoms with E-state index in [0.29, 0.717) is 44.3 Å². The average Bonchev–Trinajstić information content (AvgIpc) is 3.69. The summed E-state index contributed by atoms with van der Waals surface area (Å²) in [6.07, 6.45) is 7.62. The molecule has 3 fully saturated rings. The Hall–Kier alpha value is -3.32. The third-order valence-corrected chi connectivity index (χ3v) is 8.75. The van der Waals surface area contributed by atoms with Gasteiger partial charge < -0.3 is 24.0 Å². The van der Waals surface area contributed by atoms with Gasteiger partial charge in [0.15, 0.2) is 0 Å². The maximum Gasteiger partial charge on any atom is 0.337 e. The highest BCUT2D eigenvalue weighted by atomic mass is 16.5. The van der Waals surface area contributed by atoms with E-state index in [2.05, 4.69) is 10.6 Å². The monoisotopic (exact) mass is 516 g/mol. The molecule has 2 aliphatic carbocycles. The number of carbonyl (C=O) groups is 2. The van der Waals surface area contributed by atoms with Crippen molar-refractivity contribution in [1.82, 2.24) is 9.47 Å². The van der Waals surface area contributed by atoms with Crippen molar-refractivity contribution < 1.29 is 24.2 Å². The Balaban J connectivity index is 1.54. The highest BCUT2D eigenvalue weighted by Crippen LogP contribution is 2.52. The van der Waals surface area contributed by atoms with E-state index < -0.39 is 5.41 Å². The first kappa shape index (κ1) is 25.0. The molecule has 0 atom stereocenters. The van der Waals surface area contributed by atoms with Crippen molar-refractivity contribution in [2.45, 2.75) is 57.4 Å². The van der Waals surface area contributed by atoms with Crippen LogP contribution in [0.2, 0.25) is 0 Å². The van der Waals surface area contributed by atoms with E-state index in [1.165, 1.54) is 31.9 Å². The van der Waals surface area contributed by atoms with E-state index in [9.17, 15) is 14.7 Å². The summed E-state index contributed by atoms with van der Waals surface area (Å²) in [4.78, 5) is 28.3. The molecule has 0 spiro atoms. The van der Waals surface area contributed by atoms with Crippen LogP contribution in [0.1, 0.15) is 66.8 Å². The number of phenols is 1. The van der Waals surface area contributed by atoms with Gasteiger partial charge in [-0.15, -0.1) is 0 Å². The number of rotatable bonds is 6. The Bertz CT molecular complexity index is 1340. The molecule has 2 saturated carbocycles. The molecule has 2 heterocycles. The van der Waals surface area contributed by atoms with E-state index >= 15 is 0 Å². The van der Waals surface area contributed by atoms with Crippen LogP contribution in [0.4, 0.5) is 0 Å². The van der Waals surface area contributed by atoms with Crippen molar-refractivity contribution in [3.05, 3.63) is 53.6 Å². The van der Waals surface area contributed by atoms with Crippen LogP contribution in [0.25, 0.3) is 22.2 Å². The maximum absolute atomic E-state index is 13.8. The van der Waals surface area contributed by atoms with Crippen LogP contribution in [0.3, 0.4) is 0 Å². The standard InChI is InChI=1S/C31H36N2O5/c1-37-29(35)23-9-12-25-26(19-23)33(20-31(13-14-31)30(36)32-15-17-38-18-16-32)28(22-7-10-24(34)11-8-22)27(25)21-5-3-2-4-6-21/h7-12,19,21,34H,2-6,13-18,20H2,1H3. The van der Waals surface area contributed by atoms with E-state index in [1.54, 1.807) is 12.1 Å². The Morgan fingerprint density at radius 3 is 2.39 bits per heavy atom. The minimum Gasteiger partial charge on any atom is -0.508 e. The average molecular weight is 517 g/mol. The topological polar surface area (TPSA) is 81.0 Å². The number of methoxy groups -OCH3 is 1. The van der Waals surface area contributed by atoms with Crippen LogP contribution in [-0.4, -0.2) is 59.9 Å². The molecule has 0 bridgehead atoms. The summed E-state index contributed by atoms with van der Waals surface area (Å²) in [6, 6.07) is 13.3. The number of nitrogens with zero attached hydrogens (tertiary/aromatic N) is 2. The fraction of sp³-hybridized carbons (Fsp3) is 0.484. The number of aromatic nitrogens is 1. The molecule has 1 aliphatic heterocycles. The van der Waals surface area contributed by atoms with Gasteiger partial charge in [0.05, 0.1) is 37.0 Å². The van der Waals surface area contributed by atoms with Crippen LogP contribution in [0, 0.1) is 5.41 Å². The molecule has 1 aromatic heterocycles. The SMILES string of the molecule is COC(=O)c1ccc2c(C3CCCCC3)c(-c3ccc(O)cc3)n(CC3(C(=O)N4CCOCC4)CC3)c2c1. The molecule has 7 heteroatoms. The highest BCUT2D eigenvalue weighted by Gasteiger charge is 2.52. The first-order valence-electron chi connectivity index (χ1n) is 13.9. The lowest BCUT2D eigenvalue weighted by Gasteiger charge is -2.31. The Kier molecular flexibility index (Phi) is 6.64. The molecule has 7 nitrogen and oxygen atoms in total. The number of ether oxygens (including phenoxy) is 2. The summed E-state index contributed by atoms with van der Waals surface area (Å²) in [5.41, 5.74) is 4.47. The van der Waals surface area contributed by atoms with Crippen LogP contribution < -0.4 is 0 Å². The number of esters is 1. The second-order valence-electron chi connectivity index (χ2n) is 11.1. The molecular weight excluding hydrogens is 480 g/mol. The maximum atomic E-state index is 13.8. The Morgan fingerprint density at radius 1 is 1.03 bits per heavy atom. The van der Waals surface area contributed by atoms with E-state index in [4.69, 9.17) is 9.47 Å². The van der Waals surface area contributed by atoms with Crippen LogP contribution in [0.15, 0.2) is 42.5 Å². The summed E-state index contributed by atoms with van der Waals surface area (Å²) >= 11 is 0. The smallest absolute Gasteiger partial charge is 0.337 e. The van der Waals surface area contributed by atoms with Gasteiger partial charge in [0.2, 0.25) is 5.91 Å². The zero-order chi connectivity index (χ0) is 26.3. The molecule has 200 valence electrons. The van der Waals surface area contributed by atoms with Gasteiger partial charge in [0.1, 0.15) is 5.75 Å². The number of morpholine rings is 1. The summed E-state index contributed by atoms with van der Waals surface area (Å²) < 4.78 is 12.9. The lowest BCUT2D eigenvalue weighted by Crippen LogP contribution is -2.45. The number of amides is 1. The number of hydrogen-bond donors (Lipinski definition) is 1. The fourth-order valence-corrected chi connectivity index (χ4v) is 6.52. The predicted octanol–water partition coefficient (Wildman–Crippen LogP) is 5.49. The highest BCUT2D eigenvalue weighted by molar-refractivity contribution is 5.99. The number of aromatic hydroxyl groups is 1. The number of hydrogen-bond acceptors (Lipinski definition) is 5. The molecule has 1 N–H and O–H groups in total. The molecule has 3 aromatic rings. The van der Waals surface area contributed by atoms with E-state index in [1.807, 2.05) is 29.2 Å². The fourth-order valence-electron chi connectivity index (χ4n) is 6.52. The summed E-state index contributed by atoms with van der Waals surface area (Å²) in [6.45, 7) is 3.01. The molecule has 38 heavy (non-hydrogen) atoms. The van der Waals surface area contributed by atoms with E-state index in [-0.39, 0.29) is 17.6 Å². The van der Waals surface area contributed by atoms with Gasteiger partial charge in [-0.3, -0.25) is 4.79 Å². The van der Waals surface area contributed by atoms with Crippen molar-refractivity contribution in [2.75, 3.05) is 33.4 Å². The largest absolute Gasteiger partial charge is 0.508 e. The van der Waals surface area contributed by atoms with Crippen molar-refractivity contribution in [2.24, 2.45) is 5.41 Å². The Labute approximate surface area is 223 Å². The van der Waals surface area contributed by atoms with Crippen LogP contribution in [0.5, 0.6) is 5.75 Å². The van der Waals surface area contributed by atoms with Crippen molar-refractivity contribution >= 4 is 22.8 Å². The Morgan fingerprint density at radius 2 is 1.74 bits per heavy atom. The second-order valence-corrected chi connectivity index (χ2v) is 11.1. The molecule has 0 radical (unpaired) electrons. The zero-order valence-corrected chi connectivity index (χ0v) is 22.1. The zero-order valence-electron chi connectivity index (χ0n) is 22.1. The lowest BCUT2D eigenvalue weighted by atomic mass is 9.81. The molecule has 6 rings (SSSR count). The summed E-state index contributed by atoms with van der Waals surface area (Å²) in [5, 5.41) is 11.2. The number of carbonyl (C=O) groups excluding carboxylic acids is 2. The van der Waals surface area contributed by atoms with Gasteiger partial charge in [-0.1, -0.05) is 25.3 Å². The molecule has 1 saturated heterocycles. The third kappa shape index (κ3) is 4.47. The van der Waals surface area contributed by atoms with Gasteiger partial charge in [0.25, 0.3) is 0 Å². The van der Waals surface area contributed by atoms with Crippen molar-refractivity contribution in [1.29, 1.82) is 0 Å². The number of benzene rings is 2. The molecule has 0 unspecified atom stereocenters. The van der Waals surface area contributed by atoms with Crippen LogP contribution >= 0.6 is 0 Å². The molecule has 1 amide bonds. The van der Waals surface area contributed by atoms with Gasteiger partial charge in [-0.25, -0.2) is 4.79 Å². The number of phenolic OH excluding ortho intramolecular Hbond substituents is 1. The van der Waals surface area contributed by atoms with Crippen LogP contribution in [-0.2, 0) is 20.8 Å². The third-order valence-electron chi connectivity index (χ3n) is 8.75. The first-order chi connectivity index (χ1) is 18.5. The minimum absolute atomic E-state index is 0.211. The minimum atomic E-state index is -0.444. The van der Waals surface area contributed by atoms with Crippen molar-refractivity contribution in [3.63, 3.8) is 0 Å². The molecule has 2 aromatic carbocycles. The summed E-state index contributed by atoms with van der Waals surface area (Å²) in [5.74, 6) is 0.480.